The van der Waals surface area contributed by atoms with Crippen LogP contribution in [0.2, 0.25) is 0 Å². The number of halogens is 1. The molecule has 1 N–H and O–H groups in total. The molecular weight excluding hydrogens is 393 g/mol. The van der Waals surface area contributed by atoms with E-state index in [0.29, 0.717) is 6.61 Å². The number of rotatable bonds is 6. The number of pyridine rings is 1. The van der Waals surface area contributed by atoms with E-state index >= 15 is 0 Å². The van der Waals surface area contributed by atoms with Crippen LogP contribution in [-0.2, 0) is 6.42 Å². The molecule has 31 heavy (non-hydrogen) atoms. The number of fused-ring (bicyclic) bond motifs is 4. The van der Waals surface area contributed by atoms with Gasteiger partial charge < -0.3 is 19.7 Å². The molecule has 3 aromatic rings. The average Bonchev–Trinajstić information content (AvgIpc) is 2.78. The largest absolute Gasteiger partial charge is 0.486 e. The summed E-state index contributed by atoms with van der Waals surface area (Å²) in [6, 6.07) is 13.1. The second-order valence-corrected chi connectivity index (χ2v) is 8.38. The Morgan fingerprint density at radius 3 is 3.06 bits per heavy atom. The van der Waals surface area contributed by atoms with Gasteiger partial charge in [0.05, 0.1) is 5.52 Å². The van der Waals surface area contributed by atoms with E-state index in [1.54, 1.807) is 12.1 Å². The van der Waals surface area contributed by atoms with E-state index in [1.807, 2.05) is 31.2 Å². The molecule has 5 nitrogen and oxygen atoms in total. The van der Waals surface area contributed by atoms with Crippen LogP contribution in [-0.4, -0.2) is 43.9 Å². The van der Waals surface area contributed by atoms with Crippen molar-refractivity contribution in [3.8, 4) is 11.5 Å². The first-order valence-corrected chi connectivity index (χ1v) is 11.1. The van der Waals surface area contributed by atoms with Crippen molar-refractivity contribution in [3.05, 3.63) is 59.5 Å². The Labute approximate surface area is 182 Å². The van der Waals surface area contributed by atoms with E-state index in [2.05, 4.69) is 21.3 Å². The van der Waals surface area contributed by atoms with Gasteiger partial charge in [-0.1, -0.05) is 0 Å². The molecule has 2 aromatic carbocycles. The lowest BCUT2D eigenvalue weighted by Gasteiger charge is -2.31. The van der Waals surface area contributed by atoms with Crippen molar-refractivity contribution in [1.82, 2.24) is 10.3 Å². The molecule has 3 heterocycles. The number of nitrogens with one attached hydrogen (secondary N) is 1. The first-order valence-electron chi connectivity index (χ1n) is 11.1. The standard InChI is InChI=1S/C25H28FN3O2/c1-17-5-7-21-22(28-17)8-10-24-25(21)31-20(16-30-24)15-27-11-3-13-29-12-2-4-18-14-19(26)6-9-23(18)29/h5-10,14,20,27H,2-4,11-13,15-16H2,1H3. The molecule has 6 heteroatoms. The van der Waals surface area contributed by atoms with Crippen LogP contribution in [0.15, 0.2) is 42.5 Å². The molecular formula is C25H28FN3O2. The summed E-state index contributed by atoms with van der Waals surface area (Å²) in [5.74, 6) is 1.44. The fourth-order valence-electron chi connectivity index (χ4n) is 4.51. The maximum Gasteiger partial charge on any atom is 0.171 e. The van der Waals surface area contributed by atoms with Crippen LogP contribution in [0.5, 0.6) is 11.5 Å². The highest BCUT2D eigenvalue weighted by Gasteiger charge is 2.23. The molecule has 5 rings (SSSR count). The van der Waals surface area contributed by atoms with E-state index in [9.17, 15) is 4.39 Å². The third-order valence-corrected chi connectivity index (χ3v) is 6.04. The van der Waals surface area contributed by atoms with E-state index in [-0.39, 0.29) is 11.9 Å². The topological polar surface area (TPSA) is 46.6 Å². The highest BCUT2D eigenvalue weighted by molar-refractivity contribution is 5.88. The van der Waals surface area contributed by atoms with Crippen molar-refractivity contribution in [3.63, 3.8) is 0 Å². The summed E-state index contributed by atoms with van der Waals surface area (Å²) in [5.41, 5.74) is 4.23. The predicted molar refractivity (Wildman–Crippen MR) is 121 cm³/mol. The van der Waals surface area contributed by atoms with Crippen molar-refractivity contribution in [2.24, 2.45) is 0 Å². The first-order chi connectivity index (χ1) is 15.2. The van der Waals surface area contributed by atoms with Gasteiger partial charge in [0.1, 0.15) is 18.5 Å². The van der Waals surface area contributed by atoms with Gasteiger partial charge in [-0.15, -0.1) is 0 Å². The fraction of sp³-hybridized carbons (Fsp3) is 0.400. The molecule has 2 aliphatic rings. The Balaban J connectivity index is 1.13. The zero-order valence-corrected chi connectivity index (χ0v) is 17.9. The van der Waals surface area contributed by atoms with Gasteiger partial charge in [0.15, 0.2) is 11.5 Å². The monoisotopic (exact) mass is 421 g/mol. The number of nitrogens with zero attached hydrogens (tertiary/aromatic N) is 2. The summed E-state index contributed by atoms with van der Waals surface area (Å²) < 4.78 is 25.7. The Morgan fingerprint density at radius 1 is 1.19 bits per heavy atom. The molecule has 1 atom stereocenters. The number of hydrogen-bond acceptors (Lipinski definition) is 5. The van der Waals surface area contributed by atoms with Gasteiger partial charge in [-0.25, -0.2) is 4.39 Å². The Bertz CT molecular complexity index is 1090. The lowest BCUT2D eigenvalue weighted by Crippen LogP contribution is -2.39. The summed E-state index contributed by atoms with van der Waals surface area (Å²) in [4.78, 5) is 6.96. The van der Waals surface area contributed by atoms with Crippen LogP contribution in [0.1, 0.15) is 24.1 Å². The molecule has 0 bridgehead atoms. The molecule has 0 amide bonds. The highest BCUT2D eigenvalue weighted by atomic mass is 19.1. The highest BCUT2D eigenvalue weighted by Crippen LogP contribution is 2.38. The maximum atomic E-state index is 13.5. The predicted octanol–water partition coefficient (Wildman–Crippen LogP) is 4.25. The van der Waals surface area contributed by atoms with Crippen molar-refractivity contribution in [1.29, 1.82) is 0 Å². The number of benzene rings is 2. The van der Waals surface area contributed by atoms with Crippen molar-refractivity contribution < 1.29 is 13.9 Å². The number of aromatic nitrogens is 1. The van der Waals surface area contributed by atoms with E-state index in [0.717, 1.165) is 79.1 Å². The number of hydrogen-bond donors (Lipinski definition) is 1. The molecule has 1 unspecified atom stereocenters. The van der Waals surface area contributed by atoms with Crippen LogP contribution in [0, 0.1) is 12.7 Å². The van der Waals surface area contributed by atoms with Crippen LogP contribution < -0.4 is 19.7 Å². The van der Waals surface area contributed by atoms with Crippen LogP contribution in [0.3, 0.4) is 0 Å². The van der Waals surface area contributed by atoms with E-state index in [1.165, 1.54) is 5.69 Å². The molecule has 2 aliphatic heterocycles. The average molecular weight is 422 g/mol. The molecule has 1 aromatic heterocycles. The van der Waals surface area contributed by atoms with Gasteiger partial charge in [0, 0.05) is 36.4 Å². The van der Waals surface area contributed by atoms with Crippen molar-refractivity contribution in [2.45, 2.75) is 32.3 Å². The van der Waals surface area contributed by atoms with Gasteiger partial charge in [-0.3, -0.25) is 4.98 Å². The summed E-state index contributed by atoms with van der Waals surface area (Å²) in [6.07, 6.45) is 3.04. The second kappa shape index (κ2) is 8.71. The van der Waals surface area contributed by atoms with E-state index < -0.39 is 0 Å². The minimum absolute atomic E-state index is 0.0295. The fourth-order valence-corrected chi connectivity index (χ4v) is 4.51. The van der Waals surface area contributed by atoms with Crippen LogP contribution in [0.25, 0.3) is 10.9 Å². The third kappa shape index (κ3) is 4.30. The molecule has 0 saturated carbocycles. The summed E-state index contributed by atoms with van der Waals surface area (Å²) in [7, 11) is 0. The zero-order valence-electron chi connectivity index (χ0n) is 17.9. The number of anilines is 1. The summed E-state index contributed by atoms with van der Waals surface area (Å²) in [5, 5.41) is 4.50. The Kier molecular flexibility index (Phi) is 5.64. The van der Waals surface area contributed by atoms with Gasteiger partial charge in [-0.05, 0) is 80.8 Å². The van der Waals surface area contributed by atoms with E-state index in [4.69, 9.17) is 9.47 Å². The summed E-state index contributed by atoms with van der Waals surface area (Å²) in [6.45, 7) is 6.16. The molecule has 0 fully saturated rings. The minimum atomic E-state index is -0.141. The quantitative estimate of drug-likeness (QED) is 0.603. The molecule has 0 spiro atoms. The lowest BCUT2D eigenvalue weighted by molar-refractivity contribution is 0.0925. The number of aryl methyl sites for hydroxylation is 2. The lowest BCUT2D eigenvalue weighted by atomic mass is 10.0. The third-order valence-electron chi connectivity index (χ3n) is 6.04. The Hall–Kier alpha value is -2.86. The zero-order chi connectivity index (χ0) is 21.2. The maximum absolute atomic E-state index is 13.5. The van der Waals surface area contributed by atoms with Gasteiger partial charge in [-0.2, -0.15) is 0 Å². The molecule has 0 aliphatic carbocycles. The van der Waals surface area contributed by atoms with Crippen molar-refractivity contribution in [2.75, 3.05) is 37.7 Å². The smallest absolute Gasteiger partial charge is 0.171 e. The van der Waals surface area contributed by atoms with Crippen LogP contribution >= 0.6 is 0 Å². The SMILES string of the molecule is Cc1ccc2c3c(ccc2n1)OCC(CNCCCN1CCCc2cc(F)ccc21)O3. The normalized spacial score (nSPS) is 17.6. The van der Waals surface area contributed by atoms with Gasteiger partial charge in [0.2, 0.25) is 0 Å². The second-order valence-electron chi connectivity index (χ2n) is 8.38. The molecule has 0 radical (unpaired) electrons. The molecule has 0 saturated heterocycles. The number of ether oxygens (including phenoxy) is 2. The summed E-state index contributed by atoms with van der Waals surface area (Å²) >= 11 is 0. The van der Waals surface area contributed by atoms with Crippen molar-refractivity contribution >= 4 is 16.6 Å². The minimum Gasteiger partial charge on any atom is -0.486 e. The Morgan fingerprint density at radius 2 is 2.13 bits per heavy atom. The molecule has 162 valence electrons. The van der Waals surface area contributed by atoms with Gasteiger partial charge >= 0.3 is 0 Å². The first kappa shape index (κ1) is 20.1. The van der Waals surface area contributed by atoms with Crippen LogP contribution in [0.4, 0.5) is 10.1 Å². The van der Waals surface area contributed by atoms with Gasteiger partial charge in [0.25, 0.3) is 0 Å².